The predicted molar refractivity (Wildman–Crippen MR) is 126 cm³/mol. The Morgan fingerprint density at radius 1 is 1.03 bits per heavy atom. The molecule has 0 aliphatic carbocycles. The zero-order valence-corrected chi connectivity index (χ0v) is 19.4. The normalized spacial score (nSPS) is 11.8. The van der Waals surface area contributed by atoms with Gasteiger partial charge in [0, 0.05) is 21.7 Å². The molecular formula is C23H16Cl2N2O5S. The number of Topliss-reactive ketones (excluding diaryl/α,β-unsaturated/α-hetero) is 1. The molecule has 7 nitrogen and oxygen atoms in total. The van der Waals surface area contributed by atoms with Gasteiger partial charge >= 0.3 is 5.97 Å². The third-order valence-corrected chi connectivity index (χ3v) is 5.89. The minimum Gasteiger partial charge on any atom is -0.489 e. The van der Waals surface area contributed by atoms with Gasteiger partial charge in [0.15, 0.2) is 5.78 Å². The maximum Gasteiger partial charge on any atom is 0.349 e. The molecule has 1 heterocycles. The van der Waals surface area contributed by atoms with E-state index < -0.39 is 12.1 Å². The predicted octanol–water partition coefficient (Wildman–Crippen LogP) is 5.98. The van der Waals surface area contributed by atoms with Crippen LogP contribution in [0, 0.1) is 0 Å². The Bertz CT molecular complexity index is 1360. The van der Waals surface area contributed by atoms with Crippen molar-refractivity contribution in [1.82, 2.24) is 8.75 Å². The minimum atomic E-state index is -1.46. The SMILES string of the molecule is CC(=O)c1ccc(OCc2ccc3nsnc3c2)cc1OC(C(=O)O)c1ccc(Cl)cc1Cl. The Labute approximate surface area is 202 Å². The van der Waals surface area contributed by atoms with Crippen LogP contribution in [0.5, 0.6) is 11.5 Å². The molecule has 1 unspecified atom stereocenters. The molecule has 4 rings (SSSR count). The fourth-order valence-corrected chi connectivity index (χ4v) is 4.18. The van der Waals surface area contributed by atoms with Crippen molar-refractivity contribution < 1.29 is 24.2 Å². The molecule has 1 aromatic heterocycles. The van der Waals surface area contributed by atoms with Crippen molar-refractivity contribution in [2.24, 2.45) is 0 Å². The third kappa shape index (κ3) is 5.24. The summed E-state index contributed by atoms with van der Waals surface area (Å²) in [6.45, 7) is 1.60. The van der Waals surface area contributed by atoms with Crippen LogP contribution in [0.3, 0.4) is 0 Å². The lowest BCUT2D eigenvalue weighted by Gasteiger charge is -2.19. The average Bonchev–Trinajstić information content (AvgIpc) is 3.24. The Kier molecular flexibility index (Phi) is 6.78. The summed E-state index contributed by atoms with van der Waals surface area (Å²) in [6, 6.07) is 14.7. The maximum absolute atomic E-state index is 12.1. The smallest absolute Gasteiger partial charge is 0.349 e. The van der Waals surface area contributed by atoms with Crippen LogP contribution in [-0.4, -0.2) is 25.6 Å². The molecule has 168 valence electrons. The Morgan fingerprint density at radius 3 is 2.55 bits per heavy atom. The number of nitrogens with zero attached hydrogens (tertiary/aromatic N) is 2. The molecule has 0 saturated heterocycles. The Morgan fingerprint density at radius 2 is 1.82 bits per heavy atom. The van der Waals surface area contributed by atoms with Crippen LogP contribution in [0.1, 0.15) is 34.5 Å². The highest BCUT2D eigenvalue weighted by Crippen LogP contribution is 2.34. The number of carbonyl (C=O) groups is 2. The van der Waals surface area contributed by atoms with E-state index >= 15 is 0 Å². The van der Waals surface area contributed by atoms with Crippen molar-refractivity contribution in [3.05, 3.63) is 81.3 Å². The first-order chi connectivity index (χ1) is 15.8. The lowest BCUT2D eigenvalue weighted by Crippen LogP contribution is -2.19. The van der Waals surface area contributed by atoms with Crippen LogP contribution in [0.2, 0.25) is 10.0 Å². The number of hydrogen-bond donors (Lipinski definition) is 1. The number of carbonyl (C=O) groups excluding carboxylic acids is 1. The fraction of sp³-hybridized carbons (Fsp3) is 0.130. The van der Waals surface area contributed by atoms with Crippen molar-refractivity contribution in [3.8, 4) is 11.5 Å². The molecule has 10 heteroatoms. The van der Waals surface area contributed by atoms with E-state index in [1.165, 1.54) is 37.3 Å². The summed E-state index contributed by atoms with van der Waals surface area (Å²) in [5.74, 6) is -1.09. The summed E-state index contributed by atoms with van der Waals surface area (Å²) in [6.07, 6.45) is -1.46. The second-order valence-corrected chi connectivity index (χ2v) is 8.46. The van der Waals surface area contributed by atoms with Gasteiger partial charge < -0.3 is 14.6 Å². The van der Waals surface area contributed by atoms with E-state index in [1.54, 1.807) is 6.07 Å². The van der Waals surface area contributed by atoms with E-state index in [2.05, 4.69) is 8.75 Å². The lowest BCUT2D eigenvalue weighted by atomic mass is 10.1. The lowest BCUT2D eigenvalue weighted by molar-refractivity contribution is -0.145. The molecule has 0 aliphatic heterocycles. The van der Waals surface area contributed by atoms with Gasteiger partial charge in [-0.1, -0.05) is 35.3 Å². The first-order valence-electron chi connectivity index (χ1n) is 9.65. The number of aromatic nitrogens is 2. The van der Waals surface area contributed by atoms with Gasteiger partial charge in [0.2, 0.25) is 6.10 Å². The van der Waals surface area contributed by atoms with Crippen molar-refractivity contribution in [3.63, 3.8) is 0 Å². The van der Waals surface area contributed by atoms with Crippen LogP contribution in [-0.2, 0) is 11.4 Å². The maximum atomic E-state index is 12.1. The molecule has 0 amide bonds. The number of carboxylic acids is 1. The van der Waals surface area contributed by atoms with Gasteiger partial charge in [-0.3, -0.25) is 4.79 Å². The molecule has 4 aromatic rings. The number of hydrogen-bond acceptors (Lipinski definition) is 7. The second-order valence-electron chi connectivity index (χ2n) is 7.09. The van der Waals surface area contributed by atoms with Crippen LogP contribution in [0.4, 0.5) is 0 Å². The number of ether oxygens (including phenoxy) is 2. The summed E-state index contributed by atoms with van der Waals surface area (Å²) in [5, 5.41) is 10.3. The van der Waals surface area contributed by atoms with Crippen LogP contribution in [0.15, 0.2) is 54.6 Å². The molecule has 0 fully saturated rings. The number of halogens is 2. The molecule has 0 bridgehead atoms. The van der Waals surface area contributed by atoms with Gasteiger partial charge in [0.25, 0.3) is 0 Å². The summed E-state index contributed by atoms with van der Waals surface area (Å²) in [4.78, 5) is 24.1. The molecule has 0 radical (unpaired) electrons. The van der Waals surface area contributed by atoms with Crippen molar-refractivity contribution in [2.45, 2.75) is 19.6 Å². The van der Waals surface area contributed by atoms with Crippen molar-refractivity contribution in [1.29, 1.82) is 0 Å². The second kappa shape index (κ2) is 9.74. The van der Waals surface area contributed by atoms with Gasteiger partial charge in [-0.05, 0) is 48.9 Å². The van der Waals surface area contributed by atoms with E-state index in [0.717, 1.165) is 28.3 Å². The molecule has 1 N–H and O–H groups in total. The number of fused-ring (bicyclic) bond motifs is 1. The molecule has 0 saturated carbocycles. The first-order valence-corrected chi connectivity index (χ1v) is 11.1. The van der Waals surface area contributed by atoms with E-state index in [0.29, 0.717) is 10.8 Å². The number of aliphatic carboxylic acids is 1. The van der Waals surface area contributed by atoms with Gasteiger partial charge in [-0.2, -0.15) is 8.75 Å². The molecule has 0 aliphatic rings. The number of carboxylic acid groups (broad SMARTS) is 1. The minimum absolute atomic E-state index is 0.0672. The summed E-state index contributed by atoms with van der Waals surface area (Å²) >= 11 is 13.2. The summed E-state index contributed by atoms with van der Waals surface area (Å²) < 4.78 is 20.0. The zero-order valence-electron chi connectivity index (χ0n) is 17.1. The topological polar surface area (TPSA) is 98.6 Å². The third-order valence-electron chi connectivity index (χ3n) is 4.77. The number of benzene rings is 3. The first kappa shape index (κ1) is 23.0. The standard InChI is InChI=1S/C23H16Cl2N2O5S/c1-12(28)16-6-4-15(31-11-13-2-7-19-20(8-13)27-33-26-19)10-21(16)32-22(23(29)30)17-5-3-14(24)9-18(17)25/h2-10,22H,11H2,1H3,(H,29,30). The van der Waals surface area contributed by atoms with E-state index in [-0.39, 0.29) is 34.3 Å². The number of ketones is 1. The van der Waals surface area contributed by atoms with E-state index in [9.17, 15) is 14.7 Å². The van der Waals surface area contributed by atoms with Gasteiger partial charge in [0.1, 0.15) is 29.1 Å². The fourth-order valence-electron chi connectivity index (χ4n) is 3.15. The summed E-state index contributed by atoms with van der Waals surface area (Å²) in [5.41, 5.74) is 2.89. The monoisotopic (exact) mass is 502 g/mol. The van der Waals surface area contributed by atoms with E-state index in [1.807, 2.05) is 18.2 Å². The number of rotatable bonds is 8. The molecule has 0 spiro atoms. The van der Waals surface area contributed by atoms with Crippen molar-refractivity contribution >= 4 is 57.7 Å². The quantitative estimate of drug-likeness (QED) is 0.295. The summed E-state index contributed by atoms with van der Waals surface area (Å²) in [7, 11) is 0. The molecular weight excluding hydrogens is 487 g/mol. The van der Waals surface area contributed by atoms with Crippen molar-refractivity contribution in [2.75, 3.05) is 0 Å². The highest BCUT2D eigenvalue weighted by atomic mass is 35.5. The Hall–Kier alpha value is -3.20. The largest absolute Gasteiger partial charge is 0.489 e. The zero-order chi connectivity index (χ0) is 23.5. The molecule has 3 aromatic carbocycles. The van der Waals surface area contributed by atoms with E-state index in [4.69, 9.17) is 32.7 Å². The highest BCUT2D eigenvalue weighted by Gasteiger charge is 2.26. The Balaban J connectivity index is 1.60. The van der Waals surface area contributed by atoms with Crippen LogP contribution >= 0.6 is 34.9 Å². The van der Waals surface area contributed by atoms with Crippen LogP contribution in [0.25, 0.3) is 11.0 Å². The molecule has 1 atom stereocenters. The van der Waals surface area contributed by atoms with Crippen LogP contribution < -0.4 is 9.47 Å². The van der Waals surface area contributed by atoms with Gasteiger partial charge in [-0.25, -0.2) is 4.79 Å². The molecule has 33 heavy (non-hydrogen) atoms. The highest BCUT2D eigenvalue weighted by molar-refractivity contribution is 7.00. The average molecular weight is 503 g/mol. The van der Waals surface area contributed by atoms with Gasteiger partial charge in [-0.15, -0.1) is 0 Å². The van der Waals surface area contributed by atoms with Gasteiger partial charge in [0.05, 0.1) is 17.3 Å².